The maximum absolute atomic E-state index is 12.5. The molecule has 0 radical (unpaired) electrons. The van der Waals surface area contributed by atoms with Crippen molar-refractivity contribution < 1.29 is 23.1 Å². The number of benzene rings is 1. The second kappa shape index (κ2) is 6.32. The molecule has 1 saturated heterocycles. The van der Waals surface area contributed by atoms with Gasteiger partial charge in [-0.1, -0.05) is 0 Å². The van der Waals surface area contributed by atoms with E-state index in [9.17, 15) is 18.0 Å². The second-order valence-electron chi connectivity index (χ2n) is 4.88. The second-order valence-corrected chi connectivity index (χ2v) is 6.82. The molecule has 1 aliphatic heterocycles. The summed E-state index contributed by atoms with van der Waals surface area (Å²) in [7, 11) is -3.66. The van der Waals surface area contributed by atoms with Crippen LogP contribution < -0.4 is 5.32 Å². The Bertz CT molecular complexity index is 663. The number of piperazine rings is 1. The van der Waals surface area contributed by atoms with Crippen molar-refractivity contribution >= 4 is 27.7 Å². The first-order valence-electron chi connectivity index (χ1n) is 6.66. The van der Waals surface area contributed by atoms with E-state index in [2.05, 4.69) is 5.32 Å². The minimum atomic E-state index is -3.66. The van der Waals surface area contributed by atoms with E-state index >= 15 is 0 Å². The molecule has 2 amide bonds. The fourth-order valence-corrected chi connectivity index (χ4v) is 3.60. The van der Waals surface area contributed by atoms with Crippen LogP contribution in [0.15, 0.2) is 29.2 Å². The van der Waals surface area contributed by atoms with Crippen LogP contribution >= 0.6 is 0 Å². The van der Waals surface area contributed by atoms with Gasteiger partial charge in [0.15, 0.2) is 0 Å². The van der Waals surface area contributed by atoms with Crippen molar-refractivity contribution in [2.45, 2.75) is 11.8 Å². The summed E-state index contributed by atoms with van der Waals surface area (Å²) in [6.07, 6.45) is -1.04. The van der Waals surface area contributed by atoms with Crippen molar-refractivity contribution in [2.24, 2.45) is 0 Å². The third kappa shape index (κ3) is 3.55. The number of nitrogens with zero attached hydrogens (tertiary/aromatic N) is 2. The number of carboxylic acid groups (broad SMARTS) is 1. The normalized spacial score (nSPS) is 16.3. The first kappa shape index (κ1) is 16.2. The molecule has 0 bridgehead atoms. The predicted molar refractivity (Wildman–Crippen MR) is 79.1 cm³/mol. The highest BCUT2D eigenvalue weighted by atomic mass is 32.2. The Kier molecular flexibility index (Phi) is 4.67. The molecule has 2 rings (SSSR count). The number of carbonyl (C=O) groups excluding carboxylic acids is 1. The molecule has 0 atom stereocenters. The first-order chi connectivity index (χ1) is 10.3. The Labute approximate surface area is 128 Å². The molecule has 0 saturated carbocycles. The number of nitrogens with one attached hydrogen (secondary N) is 1. The molecule has 120 valence electrons. The van der Waals surface area contributed by atoms with Crippen LogP contribution in [0.5, 0.6) is 0 Å². The van der Waals surface area contributed by atoms with Gasteiger partial charge in [0.25, 0.3) is 0 Å². The molecule has 0 aromatic heterocycles. The molecule has 1 heterocycles. The summed E-state index contributed by atoms with van der Waals surface area (Å²) in [6.45, 7) is 1.92. The molecular formula is C13H17N3O5S. The third-order valence-corrected chi connectivity index (χ3v) is 5.23. The van der Waals surface area contributed by atoms with Gasteiger partial charge in [0.05, 0.1) is 4.90 Å². The van der Waals surface area contributed by atoms with Crippen molar-refractivity contribution in [3.8, 4) is 0 Å². The first-order valence-corrected chi connectivity index (χ1v) is 8.10. The van der Waals surface area contributed by atoms with Crippen molar-refractivity contribution in [1.82, 2.24) is 9.21 Å². The molecule has 2 N–H and O–H groups in total. The Morgan fingerprint density at radius 2 is 1.64 bits per heavy atom. The molecule has 1 aliphatic rings. The number of carbonyl (C=O) groups is 2. The largest absolute Gasteiger partial charge is 0.465 e. The van der Waals surface area contributed by atoms with Gasteiger partial charge in [-0.3, -0.25) is 4.79 Å². The van der Waals surface area contributed by atoms with Crippen LogP contribution in [0.2, 0.25) is 0 Å². The Balaban J connectivity index is 2.10. The summed E-state index contributed by atoms with van der Waals surface area (Å²) < 4.78 is 26.2. The highest BCUT2D eigenvalue weighted by Crippen LogP contribution is 2.19. The zero-order valence-corrected chi connectivity index (χ0v) is 12.8. The van der Waals surface area contributed by atoms with E-state index in [0.717, 1.165) is 0 Å². The molecule has 8 nitrogen and oxygen atoms in total. The van der Waals surface area contributed by atoms with Gasteiger partial charge >= 0.3 is 6.09 Å². The van der Waals surface area contributed by atoms with Crippen molar-refractivity contribution in [3.63, 3.8) is 0 Å². The highest BCUT2D eigenvalue weighted by molar-refractivity contribution is 7.89. The zero-order chi connectivity index (χ0) is 16.3. The average Bonchev–Trinajstić information content (AvgIpc) is 2.47. The maximum Gasteiger partial charge on any atom is 0.407 e. The lowest BCUT2D eigenvalue weighted by Gasteiger charge is -2.32. The van der Waals surface area contributed by atoms with Crippen molar-refractivity contribution in [1.29, 1.82) is 0 Å². The number of sulfonamides is 1. The lowest BCUT2D eigenvalue weighted by molar-refractivity contribution is -0.114. The van der Waals surface area contributed by atoms with Crippen LogP contribution in [-0.2, 0) is 14.8 Å². The van der Waals surface area contributed by atoms with Crippen molar-refractivity contribution in [2.75, 3.05) is 31.5 Å². The molecule has 0 aliphatic carbocycles. The summed E-state index contributed by atoms with van der Waals surface area (Å²) in [4.78, 5) is 23.1. The smallest absolute Gasteiger partial charge is 0.407 e. The van der Waals surface area contributed by atoms with E-state index in [1.165, 1.54) is 40.4 Å². The number of rotatable bonds is 3. The highest BCUT2D eigenvalue weighted by Gasteiger charge is 2.29. The van der Waals surface area contributed by atoms with Gasteiger partial charge < -0.3 is 15.3 Å². The molecule has 1 aromatic rings. The molecule has 1 fully saturated rings. The van der Waals surface area contributed by atoms with Crippen LogP contribution in [0.4, 0.5) is 10.5 Å². The van der Waals surface area contributed by atoms with Crippen molar-refractivity contribution in [3.05, 3.63) is 24.3 Å². The van der Waals surface area contributed by atoms with E-state index in [1.54, 1.807) is 0 Å². The number of hydrogen-bond acceptors (Lipinski definition) is 4. The lowest BCUT2D eigenvalue weighted by Crippen LogP contribution is -2.50. The Morgan fingerprint density at radius 3 is 2.09 bits per heavy atom. The minimum absolute atomic E-state index is 0.116. The monoisotopic (exact) mass is 327 g/mol. The molecule has 0 spiro atoms. The lowest BCUT2D eigenvalue weighted by atomic mass is 10.3. The quantitative estimate of drug-likeness (QED) is 0.847. The van der Waals surface area contributed by atoms with Gasteiger partial charge in [-0.2, -0.15) is 4.31 Å². The summed E-state index contributed by atoms with van der Waals surface area (Å²) in [5.41, 5.74) is 0.516. The van der Waals surface area contributed by atoms with Crippen LogP contribution in [0.3, 0.4) is 0 Å². The van der Waals surface area contributed by atoms with Gasteiger partial charge in [0.2, 0.25) is 15.9 Å². The minimum Gasteiger partial charge on any atom is -0.465 e. The van der Waals surface area contributed by atoms with Gasteiger partial charge in [-0.25, -0.2) is 13.2 Å². The zero-order valence-electron chi connectivity index (χ0n) is 12.0. The molecule has 22 heavy (non-hydrogen) atoms. The molecule has 0 unspecified atom stereocenters. The van der Waals surface area contributed by atoms with E-state index in [1.807, 2.05) is 0 Å². The average molecular weight is 327 g/mol. The predicted octanol–water partition coefficient (Wildman–Crippen LogP) is 0.629. The van der Waals surface area contributed by atoms with Gasteiger partial charge in [-0.05, 0) is 24.3 Å². The summed E-state index contributed by atoms with van der Waals surface area (Å²) >= 11 is 0. The van der Waals surface area contributed by atoms with Gasteiger partial charge in [0.1, 0.15) is 0 Å². The van der Waals surface area contributed by atoms with E-state index in [4.69, 9.17) is 5.11 Å². The van der Waals surface area contributed by atoms with Gasteiger partial charge in [0, 0.05) is 38.8 Å². The molecular weight excluding hydrogens is 310 g/mol. The van der Waals surface area contributed by atoms with E-state index in [0.29, 0.717) is 5.69 Å². The fraction of sp³-hybridized carbons (Fsp3) is 0.385. The maximum atomic E-state index is 12.5. The summed E-state index contributed by atoms with van der Waals surface area (Å²) in [6, 6.07) is 5.87. The Hall–Kier alpha value is -2.13. The van der Waals surface area contributed by atoms with Gasteiger partial charge in [-0.15, -0.1) is 0 Å². The number of hydrogen-bond donors (Lipinski definition) is 2. The number of anilines is 1. The summed E-state index contributed by atoms with van der Waals surface area (Å²) in [5, 5.41) is 11.4. The van der Waals surface area contributed by atoms with Crippen LogP contribution in [0.1, 0.15) is 6.92 Å². The van der Waals surface area contributed by atoms with Crippen LogP contribution in [-0.4, -0.2) is 60.9 Å². The fourth-order valence-electron chi connectivity index (χ4n) is 2.18. The Morgan fingerprint density at radius 1 is 1.09 bits per heavy atom. The molecule has 9 heteroatoms. The van der Waals surface area contributed by atoms with E-state index in [-0.39, 0.29) is 37.0 Å². The van der Waals surface area contributed by atoms with E-state index < -0.39 is 16.1 Å². The third-order valence-electron chi connectivity index (χ3n) is 3.32. The van der Waals surface area contributed by atoms with Crippen LogP contribution in [0, 0.1) is 0 Å². The topological polar surface area (TPSA) is 107 Å². The standard InChI is InChI=1S/C13H17N3O5S/c1-10(17)14-11-2-4-12(5-3-11)22(20,21)16-8-6-15(7-9-16)13(18)19/h2-5H,6-9H2,1H3,(H,14,17)(H,18,19). The summed E-state index contributed by atoms with van der Waals surface area (Å²) in [5.74, 6) is -0.236. The van der Waals surface area contributed by atoms with Crippen LogP contribution in [0.25, 0.3) is 0 Å². The number of amides is 2. The SMILES string of the molecule is CC(=O)Nc1ccc(S(=O)(=O)N2CCN(C(=O)O)CC2)cc1. The molecule has 1 aromatic carbocycles.